The van der Waals surface area contributed by atoms with Crippen LogP contribution in [-0.2, 0) is 9.53 Å². The molecule has 0 aliphatic carbocycles. The molecule has 0 heterocycles. The standard InChI is InChI=1S/C18H18N2O5/c1-19-17(22)12-7-9-13(10-8-12)20-16(21)11-25-15-6-4-3-5-14(15)18(23)24-2/h3-10H,11H2,1-2H3,(H,19,22)(H,20,21). The van der Waals surface area contributed by atoms with Gasteiger partial charge in [0.2, 0.25) is 0 Å². The minimum Gasteiger partial charge on any atom is -0.483 e. The van der Waals surface area contributed by atoms with Gasteiger partial charge in [-0.1, -0.05) is 12.1 Å². The molecular weight excluding hydrogens is 324 g/mol. The van der Waals surface area contributed by atoms with Crippen LogP contribution in [0.5, 0.6) is 5.75 Å². The molecule has 2 aromatic rings. The predicted octanol–water partition coefficient (Wildman–Crippen LogP) is 1.85. The van der Waals surface area contributed by atoms with E-state index in [-0.39, 0.29) is 23.8 Å². The van der Waals surface area contributed by atoms with Crippen molar-refractivity contribution in [3.05, 3.63) is 59.7 Å². The number of nitrogens with one attached hydrogen (secondary N) is 2. The number of methoxy groups -OCH3 is 1. The number of esters is 1. The predicted molar refractivity (Wildman–Crippen MR) is 91.7 cm³/mol. The third kappa shape index (κ3) is 4.81. The second kappa shape index (κ2) is 8.49. The molecule has 0 bridgehead atoms. The SMILES string of the molecule is CNC(=O)c1ccc(NC(=O)COc2ccccc2C(=O)OC)cc1. The first-order valence-corrected chi connectivity index (χ1v) is 7.47. The molecule has 2 aromatic carbocycles. The van der Waals surface area contributed by atoms with Crippen LogP contribution in [0.25, 0.3) is 0 Å². The van der Waals surface area contributed by atoms with Gasteiger partial charge in [-0.05, 0) is 36.4 Å². The van der Waals surface area contributed by atoms with Crippen LogP contribution in [0.2, 0.25) is 0 Å². The van der Waals surface area contributed by atoms with Crippen molar-refractivity contribution in [1.29, 1.82) is 0 Å². The van der Waals surface area contributed by atoms with Crippen molar-refractivity contribution in [2.24, 2.45) is 0 Å². The Bertz CT molecular complexity index is 771. The summed E-state index contributed by atoms with van der Waals surface area (Å²) in [4.78, 5) is 35.1. The van der Waals surface area contributed by atoms with Gasteiger partial charge in [-0.3, -0.25) is 9.59 Å². The van der Waals surface area contributed by atoms with Gasteiger partial charge in [-0.25, -0.2) is 4.79 Å². The Morgan fingerprint density at radius 2 is 1.68 bits per heavy atom. The molecule has 0 radical (unpaired) electrons. The molecule has 0 saturated carbocycles. The number of para-hydroxylation sites is 1. The summed E-state index contributed by atoms with van der Waals surface area (Å²) in [5, 5.41) is 5.16. The van der Waals surface area contributed by atoms with Gasteiger partial charge < -0.3 is 20.1 Å². The van der Waals surface area contributed by atoms with Gasteiger partial charge in [0.15, 0.2) is 6.61 Å². The fourth-order valence-corrected chi connectivity index (χ4v) is 2.06. The first kappa shape index (κ1) is 18.0. The van der Waals surface area contributed by atoms with E-state index in [4.69, 9.17) is 4.74 Å². The van der Waals surface area contributed by atoms with E-state index in [1.807, 2.05) is 0 Å². The van der Waals surface area contributed by atoms with Gasteiger partial charge in [-0.2, -0.15) is 0 Å². The summed E-state index contributed by atoms with van der Waals surface area (Å²) in [6.45, 7) is -0.273. The minimum atomic E-state index is -0.541. The molecule has 0 aliphatic rings. The maximum absolute atomic E-state index is 12.0. The molecule has 0 unspecified atom stereocenters. The number of carbonyl (C=O) groups excluding carboxylic acids is 3. The van der Waals surface area contributed by atoms with E-state index in [1.54, 1.807) is 55.6 Å². The van der Waals surface area contributed by atoms with Crippen LogP contribution < -0.4 is 15.4 Å². The Labute approximate surface area is 144 Å². The highest BCUT2D eigenvalue weighted by atomic mass is 16.5. The highest BCUT2D eigenvalue weighted by Gasteiger charge is 2.13. The Kier molecular flexibility index (Phi) is 6.11. The van der Waals surface area contributed by atoms with E-state index >= 15 is 0 Å². The molecule has 0 fully saturated rings. The van der Waals surface area contributed by atoms with Crippen LogP contribution in [0.15, 0.2) is 48.5 Å². The van der Waals surface area contributed by atoms with Crippen molar-refractivity contribution in [1.82, 2.24) is 5.32 Å². The number of carbonyl (C=O) groups is 3. The van der Waals surface area contributed by atoms with E-state index in [0.29, 0.717) is 11.3 Å². The molecular formula is C18H18N2O5. The van der Waals surface area contributed by atoms with Crippen LogP contribution in [0.4, 0.5) is 5.69 Å². The quantitative estimate of drug-likeness (QED) is 0.782. The molecule has 0 aromatic heterocycles. The first-order valence-electron chi connectivity index (χ1n) is 7.47. The number of ether oxygens (including phenoxy) is 2. The topological polar surface area (TPSA) is 93.7 Å². The van der Waals surface area contributed by atoms with Gasteiger partial charge >= 0.3 is 5.97 Å². The Morgan fingerprint density at radius 3 is 2.32 bits per heavy atom. The molecule has 0 atom stereocenters. The fraction of sp³-hybridized carbons (Fsp3) is 0.167. The highest BCUT2D eigenvalue weighted by Crippen LogP contribution is 2.19. The van der Waals surface area contributed by atoms with E-state index in [2.05, 4.69) is 15.4 Å². The van der Waals surface area contributed by atoms with Crippen molar-refractivity contribution in [2.75, 3.05) is 26.1 Å². The molecule has 2 amide bonds. The van der Waals surface area contributed by atoms with E-state index in [9.17, 15) is 14.4 Å². The molecule has 2 rings (SSSR count). The Balaban J connectivity index is 1.95. The Morgan fingerprint density at radius 1 is 1.00 bits per heavy atom. The summed E-state index contributed by atoms with van der Waals surface area (Å²) < 4.78 is 10.1. The van der Waals surface area contributed by atoms with Crippen molar-refractivity contribution >= 4 is 23.5 Å². The minimum absolute atomic E-state index is 0.208. The third-order valence-electron chi connectivity index (χ3n) is 3.31. The van der Waals surface area contributed by atoms with E-state index in [0.717, 1.165) is 0 Å². The second-order valence-electron chi connectivity index (χ2n) is 4.98. The van der Waals surface area contributed by atoms with Gasteiger partial charge in [0, 0.05) is 18.3 Å². The lowest BCUT2D eigenvalue weighted by Crippen LogP contribution is -2.21. The van der Waals surface area contributed by atoms with Gasteiger partial charge in [0.1, 0.15) is 11.3 Å². The maximum Gasteiger partial charge on any atom is 0.341 e. The lowest BCUT2D eigenvalue weighted by Gasteiger charge is -2.10. The molecule has 2 N–H and O–H groups in total. The highest BCUT2D eigenvalue weighted by molar-refractivity contribution is 5.96. The fourth-order valence-electron chi connectivity index (χ4n) is 2.06. The summed E-state index contributed by atoms with van der Waals surface area (Å²) in [7, 11) is 2.82. The van der Waals surface area contributed by atoms with Gasteiger partial charge in [0.25, 0.3) is 11.8 Å². The number of rotatable bonds is 6. The summed E-state index contributed by atoms with van der Waals surface area (Å²) >= 11 is 0. The zero-order valence-corrected chi connectivity index (χ0v) is 13.9. The van der Waals surface area contributed by atoms with Crippen LogP contribution >= 0.6 is 0 Å². The van der Waals surface area contributed by atoms with Crippen LogP contribution in [-0.4, -0.2) is 38.5 Å². The largest absolute Gasteiger partial charge is 0.483 e. The average molecular weight is 342 g/mol. The second-order valence-corrected chi connectivity index (χ2v) is 4.98. The molecule has 0 spiro atoms. The van der Waals surface area contributed by atoms with Crippen molar-refractivity contribution < 1.29 is 23.9 Å². The summed E-state index contributed by atoms with van der Waals surface area (Å²) in [5.41, 5.74) is 1.26. The van der Waals surface area contributed by atoms with E-state index < -0.39 is 11.9 Å². The zero-order valence-electron chi connectivity index (χ0n) is 13.9. The van der Waals surface area contributed by atoms with Crippen LogP contribution in [0.1, 0.15) is 20.7 Å². The monoisotopic (exact) mass is 342 g/mol. The lowest BCUT2D eigenvalue weighted by atomic mass is 10.2. The number of amides is 2. The molecule has 0 aliphatic heterocycles. The zero-order chi connectivity index (χ0) is 18.2. The third-order valence-corrected chi connectivity index (χ3v) is 3.31. The van der Waals surface area contributed by atoms with Crippen molar-refractivity contribution in [3.63, 3.8) is 0 Å². The van der Waals surface area contributed by atoms with Crippen molar-refractivity contribution in [3.8, 4) is 5.75 Å². The van der Waals surface area contributed by atoms with Gasteiger partial charge in [-0.15, -0.1) is 0 Å². The summed E-state index contributed by atoms with van der Waals surface area (Å²) in [6.07, 6.45) is 0. The number of benzene rings is 2. The van der Waals surface area contributed by atoms with Crippen molar-refractivity contribution in [2.45, 2.75) is 0 Å². The average Bonchev–Trinajstić information content (AvgIpc) is 2.66. The van der Waals surface area contributed by atoms with Crippen LogP contribution in [0.3, 0.4) is 0 Å². The summed E-state index contributed by atoms with van der Waals surface area (Å²) in [6, 6.07) is 12.9. The van der Waals surface area contributed by atoms with E-state index in [1.165, 1.54) is 7.11 Å². The number of hydrogen-bond acceptors (Lipinski definition) is 5. The Hall–Kier alpha value is -3.35. The van der Waals surface area contributed by atoms with Crippen LogP contribution in [0, 0.1) is 0 Å². The molecule has 130 valence electrons. The lowest BCUT2D eigenvalue weighted by molar-refractivity contribution is -0.118. The maximum atomic E-state index is 12.0. The number of anilines is 1. The molecule has 7 nitrogen and oxygen atoms in total. The smallest absolute Gasteiger partial charge is 0.341 e. The first-order chi connectivity index (χ1) is 12.0. The van der Waals surface area contributed by atoms with Gasteiger partial charge in [0.05, 0.1) is 7.11 Å². The molecule has 7 heteroatoms. The summed E-state index contributed by atoms with van der Waals surface area (Å²) in [5.74, 6) is -0.881. The normalized spacial score (nSPS) is 9.84. The molecule has 0 saturated heterocycles. The molecule has 25 heavy (non-hydrogen) atoms. The number of hydrogen-bond donors (Lipinski definition) is 2.